The third-order valence-electron chi connectivity index (χ3n) is 2.43. The number of alkyl halides is 2. The monoisotopic (exact) mass is 256 g/mol. The molecule has 1 rings (SSSR count). The zero-order valence-electron chi connectivity index (χ0n) is 8.88. The fraction of sp³-hybridized carbons (Fsp3) is 0.889. The molecule has 0 aromatic heterocycles. The van der Waals surface area contributed by atoms with Crippen LogP contribution < -0.4 is 0 Å². The van der Waals surface area contributed by atoms with Gasteiger partial charge >= 0.3 is 0 Å². The summed E-state index contributed by atoms with van der Waals surface area (Å²) >= 11 is 11.4. The Morgan fingerprint density at radius 1 is 1.27 bits per heavy atom. The third-order valence-corrected chi connectivity index (χ3v) is 3.27. The molecular formula is C9H14Cl2O4. The molecule has 0 amide bonds. The molecule has 1 aliphatic heterocycles. The first-order valence-corrected chi connectivity index (χ1v) is 5.57. The van der Waals surface area contributed by atoms with E-state index in [9.17, 15) is 4.79 Å². The molecule has 15 heavy (non-hydrogen) atoms. The lowest BCUT2D eigenvalue weighted by molar-refractivity contribution is -0.353. The van der Waals surface area contributed by atoms with Crippen LogP contribution in [0.5, 0.6) is 0 Å². The molecule has 0 spiro atoms. The zero-order chi connectivity index (χ0) is 11.7. The van der Waals surface area contributed by atoms with Gasteiger partial charge in [0.05, 0.1) is 17.2 Å². The van der Waals surface area contributed by atoms with Crippen LogP contribution in [0.3, 0.4) is 0 Å². The number of aldehydes is 1. The Morgan fingerprint density at radius 2 is 1.87 bits per heavy atom. The van der Waals surface area contributed by atoms with Gasteiger partial charge in [0, 0.05) is 0 Å². The molecule has 0 N–H and O–H groups in total. The summed E-state index contributed by atoms with van der Waals surface area (Å²) in [4.78, 5) is 21.0. The van der Waals surface area contributed by atoms with Gasteiger partial charge < -0.3 is 9.53 Å². The van der Waals surface area contributed by atoms with Crippen molar-refractivity contribution in [1.82, 2.24) is 0 Å². The molecule has 1 heterocycles. The number of hydrogen-bond acceptors (Lipinski definition) is 4. The minimum Gasteiger partial charge on any atom is -0.309 e. The van der Waals surface area contributed by atoms with Gasteiger partial charge in [-0.2, -0.15) is 9.78 Å². The van der Waals surface area contributed by atoms with Gasteiger partial charge in [0.2, 0.25) is 11.6 Å². The first-order chi connectivity index (χ1) is 6.85. The molecule has 0 bridgehead atoms. The van der Waals surface area contributed by atoms with E-state index in [0.29, 0.717) is 0 Å². The average molecular weight is 257 g/mol. The van der Waals surface area contributed by atoms with E-state index >= 15 is 0 Å². The van der Waals surface area contributed by atoms with E-state index in [1.165, 1.54) is 0 Å². The fourth-order valence-corrected chi connectivity index (χ4v) is 1.68. The summed E-state index contributed by atoms with van der Waals surface area (Å²) < 4.78 is 5.55. The zero-order valence-corrected chi connectivity index (χ0v) is 10.4. The molecule has 0 aliphatic carbocycles. The van der Waals surface area contributed by atoms with Crippen molar-refractivity contribution in [3.8, 4) is 0 Å². The second-order valence-electron chi connectivity index (χ2n) is 4.26. The number of rotatable bonds is 4. The number of hydrogen-bond donors (Lipinski definition) is 0. The van der Waals surface area contributed by atoms with Crippen molar-refractivity contribution in [2.75, 3.05) is 11.8 Å². The van der Waals surface area contributed by atoms with Crippen molar-refractivity contribution in [3.05, 3.63) is 0 Å². The van der Waals surface area contributed by atoms with E-state index in [2.05, 4.69) is 0 Å². The van der Waals surface area contributed by atoms with Crippen molar-refractivity contribution < 1.29 is 19.3 Å². The maximum absolute atomic E-state index is 11.0. The van der Waals surface area contributed by atoms with Gasteiger partial charge in [-0.1, -0.05) is 0 Å². The maximum Gasteiger partial charge on any atom is 0.229 e. The summed E-state index contributed by atoms with van der Waals surface area (Å²) in [5, 5.41) is 0. The maximum atomic E-state index is 11.0. The lowest BCUT2D eigenvalue weighted by Gasteiger charge is -2.35. The lowest BCUT2D eigenvalue weighted by atomic mass is 9.85. The van der Waals surface area contributed by atoms with Crippen LogP contribution in [-0.2, 0) is 19.3 Å². The van der Waals surface area contributed by atoms with Crippen LogP contribution in [0, 0.1) is 5.41 Å². The molecule has 1 saturated heterocycles. The SMILES string of the molecule is CC1(CCl)OOC(CCl)(C(C)(C)C=O)O1. The summed E-state index contributed by atoms with van der Waals surface area (Å²) in [6.07, 6.45) is 0.721. The molecule has 0 radical (unpaired) electrons. The fourth-order valence-electron chi connectivity index (χ4n) is 1.14. The van der Waals surface area contributed by atoms with Gasteiger partial charge in [-0.3, -0.25) is 0 Å². The molecule has 1 fully saturated rings. The predicted molar refractivity (Wildman–Crippen MR) is 55.7 cm³/mol. The van der Waals surface area contributed by atoms with Crippen LogP contribution in [0.4, 0.5) is 0 Å². The Balaban J connectivity index is 2.96. The number of ether oxygens (including phenoxy) is 1. The predicted octanol–water partition coefficient (Wildman–Crippen LogP) is 2.08. The number of carbonyl (C=O) groups is 1. The highest BCUT2D eigenvalue weighted by molar-refractivity contribution is 6.19. The molecule has 4 nitrogen and oxygen atoms in total. The largest absolute Gasteiger partial charge is 0.309 e. The molecule has 2 unspecified atom stereocenters. The molecule has 2 atom stereocenters. The molecule has 88 valence electrons. The summed E-state index contributed by atoms with van der Waals surface area (Å²) in [6, 6.07) is 0. The van der Waals surface area contributed by atoms with Crippen LogP contribution in [0.15, 0.2) is 0 Å². The highest BCUT2D eigenvalue weighted by Crippen LogP contribution is 2.44. The Hall–Kier alpha value is 0.130. The molecule has 0 saturated carbocycles. The minimum absolute atomic E-state index is 0.0226. The van der Waals surface area contributed by atoms with Crippen LogP contribution in [0.2, 0.25) is 0 Å². The molecule has 0 aromatic carbocycles. The molecule has 0 aromatic rings. The van der Waals surface area contributed by atoms with Gasteiger partial charge in [-0.15, -0.1) is 23.2 Å². The third kappa shape index (κ3) is 2.15. The quantitative estimate of drug-likeness (QED) is 0.439. The van der Waals surface area contributed by atoms with E-state index in [1.807, 2.05) is 0 Å². The van der Waals surface area contributed by atoms with E-state index in [1.54, 1.807) is 20.8 Å². The summed E-state index contributed by atoms with van der Waals surface area (Å²) in [7, 11) is 0. The average Bonchev–Trinajstić information content (AvgIpc) is 2.59. The topological polar surface area (TPSA) is 44.8 Å². The summed E-state index contributed by atoms with van der Waals surface area (Å²) in [5.41, 5.74) is -0.918. The Morgan fingerprint density at radius 3 is 2.20 bits per heavy atom. The van der Waals surface area contributed by atoms with Crippen molar-refractivity contribution in [2.45, 2.75) is 32.3 Å². The van der Waals surface area contributed by atoms with E-state index in [-0.39, 0.29) is 11.8 Å². The molecule has 1 aliphatic rings. The lowest BCUT2D eigenvalue weighted by Crippen LogP contribution is -2.50. The van der Waals surface area contributed by atoms with Crippen LogP contribution in [-0.4, -0.2) is 29.6 Å². The van der Waals surface area contributed by atoms with E-state index < -0.39 is 17.0 Å². The van der Waals surface area contributed by atoms with Crippen molar-refractivity contribution in [1.29, 1.82) is 0 Å². The Labute approximate surface area is 98.7 Å². The second kappa shape index (κ2) is 4.18. The van der Waals surface area contributed by atoms with Gasteiger partial charge in [0.25, 0.3) is 0 Å². The van der Waals surface area contributed by atoms with Gasteiger partial charge in [-0.25, -0.2) is 0 Å². The highest BCUT2D eigenvalue weighted by atomic mass is 35.5. The Bertz CT molecular complexity index is 258. The number of halogens is 2. The van der Waals surface area contributed by atoms with Crippen molar-refractivity contribution in [3.63, 3.8) is 0 Å². The summed E-state index contributed by atoms with van der Waals surface area (Å²) in [6.45, 7) is 4.94. The first-order valence-electron chi connectivity index (χ1n) is 4.50. The smallest absolute Gasteiger partial charge is 0.229 e. The molecular weight excluding hydrogens is 243 g/mol. The van der Waals surface area contributed by atoms with E-state index in [0.717, 1.165) is 6.29 Å². The summed E-state index contributed by atoms with van der Waals surface area (Å²) in [5.74, 6) is -2.30. The van der Waals surface area contributed by atoms with Crippen LogP contribution in [0.1, 0.15) is 20.8 Å². The van der Waals surface area contributed by atoms with Gasteiger partial charge in [-0.05, 0) is 20.8 Å². The molecule has 6 heteroatoms. The van der Waals surface area contributed by atoms with Crippen molar-refractivity contribution in [2.24, 2.45) is 5.41 Å². The minimum atomic E-state index is -1.29. The first kappa shape index (κ1) is 13.2. The van der Waals surface area contributed by atoms with Gasteiger partial charge in [0.15, 0.2) is 0 Å². The van der Waals surface area contributed by atoms with Crippen molar-refractivity contribution >= 4 is 29.5 Å². The van der Waals surface area contributed by atoms with Crippen LogP contribution in [0.25, 0.3) is 0 Å². The second-order valence-corrected chi connectivity index (χ2v) is 4.80. The number of carbonyl (C=O) groups excluding carboxylic acids is 1. The normalized spacial score (nSPS) is 36.9. The highest BCUT2D eigenvalue weighted by Gasteiger charge is 2.58. The Kier molecular flexibility index (Phi) is 3.68. The van der Waals surface area contributed by atoms with Crippen LogP contribution >= 0.6 is 23.2 Å². The van der Waals surface area contributed by atoms with Gasteiger partial charge in [0.1, 0.15) is 6.29 Å². The standard InChI is InChI=1S/C9H14Cl2O4/c1-7(2,6-12)9(5-11)13-8(3,4-10)14-15-9/h6H,4-5H2,1-3H3. The van der Waals surface area contributed by atoms with E-state index in [4.69, 9.17) is 37.7 Å².